The zero-order valence-corrected chi connectivity index (χ0v) is 31.7. The molecule has 49 heavy (non-hydrogen) atoms. The number of aliphatic hydroxyl groups excluding tert-OH is 1. The van der Waals surface area contributed by atoms with Gasteiger partial charge in [-0.2, -0.15) is 0 Å². The van der Waals surface area contributed by atoms with Crippen LogP contribution in [0.5, 0.6) is 0 Å². The minimum Gasteiger partial charge on any atom is -0.462 e. The Labute approximate surface area is 293 Å². The molecule has 0 aromatic rings. The average molecular weight is 686 g/mol. The van der Waals surface area contributed by atoms with Crippen LogP contribution in [0.4, 0.5) is 0 Å². The molecule has 4 saturated carbocycles. The first kappa shape index (κ1) is 39.0. The Morgan fingerprint density at radius 2 is 1.67 bits per heavy atom. The summed E-state index contributed by atoms with van der Waals surface area (Å²) in [5.41, 5.74) is 6.62. The van der Waals surface area contributed by atoms with E-state index in [0.29, 0.717) is 30.8 Å². The quantitative estimate of drug-likeness (QED) is 0.0939. The average Bonchev–Trinajstić information content (AvgIpc) is 3.33. The van der Waals surface area contributed by atoms with Gasteiger partial charge in [-0.25, -0.2) is 0 Å². The number of ketones is 1. The molecular formula is C39H63N3O7. The Morgan fingerprint density at radius 3 is 2.29 bits per heavy atom. The third-order valence-corrected chi connectivity index (χ3v) is 13.6. The molecule has 0 radical (unpaired) electrons. The lowest BCUT2D eigenvalue weighted by molar-refractivity contribution is -0.213. The van der Waals surface area contributed by atoms with Crippen molar-refractivity contribution in [2.75, 3.05) is 13.7 Å². The third-order valence-electron chi connectivity index (χ3n) is 13.6. The van der Waals surface area contributed by atoms with Crippen molar-refractivity contribution in [1.82, 2.24) is 5.32 Å². The Morgan fingerprint density at radius 1 is 1.02 bits per heavy atom. The van der Waals surface area contributed by atoms with Gasteiger partial charge in [-0.05, 0) is 110 Å². The molecule has 0 aliphatic heterocycles. The molecule has 0 aromatic heterocycles. The SMILES string of the molecule is CCO/N=C(\N)C(=O)NC12CCC3C(CCC4C3(C)CCC3C(C)(C)C(OC(=O)CC(C)(C)C=O)CCC34C)C1=C(C(C)C)C(=O)C2.CO. The predicted octanol–water partition coefficient (Wildman–Crippen LogP) is 5.89. The molecule has 10 nitrogen and oxygen atoms in total. The zero-order valence-electron chi connectivity index (χ0n) is 31.7. The maximum Gasteiger partial charge on any atom is 0.307 e. The van der Waals surface area contributed by atoms with E-state index in [4.69, 9.17) is 20.4 Å². The number of ether oxygens (including phenoxy) is 1. The van der Waals surface area contributed by atoms with Crippen molar-refractivity contribution in [1.29, 1.82) is 0 Å². The first-order valence-electron chi connectivity index (χ1n) is 18.5. The zero-order chi connectivity index (χ0) is 36.7. The Hall–Kier alpha value is -2.75. The predicted molar refractivity (Wildman–Crippen MR) is 189 cm³/mol. The van der Waals surface area contributed by atoms with Gasteiger partial charge in [0.15, 0.2) is 5.78 Å². The molecule has 5 aliphatic rings. The van der Waals surface area contributed by atoms with Crippen molar-refractivity contribution in [2.45, 2.75) is 138 Å². The van der Waals surface area contributed by atoms with Crippen molar-refractivity contribution in [2.24, 2.45) is 62.1 Å². The largest absolute Gasteiger partial charge is 0.462 e. The highest BCUT2D eigenvalue weighted by Gasteiger charge is 2.67. The number of allylic oxidation sites excluding steroid dienone is 1. The van der Waals surface area contributed by atoms with Gasteiger partial charge in [0.05, 0.1) is 12.0 Å². The minimum atomic E-state index is -0.728. The summed E-state index contributed by atoms with van der Waals surface area (Å²) in [5, 5.41) is 14.0. The van der Waals surface area contributed by atoms with Crippen molar-refractivity contribution >= 4 is 29.8 Å². The summed E-state index contributed by atoms with van der Waals surface area (Å²) in [4.78, 5) is 56.5. The molecule has 276 valence electrons. The number of nitrogens with two attached hydrogens (primary N) is 1. The molecular weight excluding hydrogens is 622 g/mol. The lowest BCUT2D eigenvalue weighted by Gasteiger charge is -2.68. The smallest absolute Gasteiger partial charge is 0.307 e. The highest BCUT2D eigenvalue weighted by molar-refractivity contribution is 6.37. The summed E-state index contributed by atoms with van der Waals surface area (Å²) in [7, 11) is 1.00. The van der Waals surface area contributed by atoms with E-state index in [1.54, 1.807) is 20.8 Å². The number of aliphatic hydroxyl groups is 1. The summed E-state index contributed by atoms with van der Waals surface area (Å²) in [5.74, 6) is 0.794. The van der Waals surface area contributed by atoms with Gasteiger partial charge in [0.1, 0.15) is 19.0 Å². The standard InChI is InChI=1S/C38H59N3O6.CH4O/c1-10-46-41-32(39)33(45)40-38-18-13-24-23(31(38)30(22(2)3)25(43)19-38)11-12-27-36(24,8)16-14-26-35(6,7)28(15-17-37(26,27)9)47-29(44)20-34(4,5)21-42;1-2/h21-24,26-28H,10-20H2,1-9H3,(H2,39,41)(H,40,45);2H,1H3. The van der Waals surface area contributed by atoms with Crippen LogP contribution in [0.1, 0.15) is 127 Å². The molecule has 1 amide bonds. The van der Waals surface area contributed by atoms with Crippen molar-refractivity contribution in [3.05, 3.63) is 11.1 Å². The second-order valence-corrected chi connectivity index (χ2v) is 17.6. The van der Waals surface area contributed by atoms with E-state index in [9.17, 15) is 19.2 Å². The van der Waals surface area contributed by atoms with Crippen LogP contribution in [-0.4, -0.2) is 60.2 Å². The lowest BCUT2D eigenvalue weighted by atomic mass is 9.37. The van der Waals surface area contributed by atoms with Crippen LogP contribution in [0.15, 0.2) is 16.3 Å². The van der Waals surface area contributed by atoms with Crippen LogP contribution in [0.25, 0.3) is 0 Å². The Balaban J connectivity index is 0.00000265. The number of hydrogen-bond donors (Lipinski definition) is 3. The van der Waals surface area contributed by atoms with Crippen LogP contribution in [0.3, 0.4) is 0 Å². The van der Waals surface area contributed by atoms with Gasteiger partial charge >= 0.3 is 5.97 Å². The fraction of sp³-hybridized carbons (Fsp3) is 0.821. The Kier molecular flexibility index (Phi) is 11.2. The second kappa shape index (κ2) is 14.1. The number of esters is 1. The number of hydrogen-bond acceptors (Lipinski definition) is 8. The number of rotatable bonds is 8. The van der Waals surface area contributed by atoms with Crippen molar-refractivity contribution < 1.29 is 33.9 Å². The minimum absolute atomic E-state index is 0.0687. The normalized spacial score (nSPS) is 36.7. The van der Waals surface area contributed by atoms with Crippen LogP contribution in [0.2, 0.25) is 0 Å². The number of amidine groups is 1. The monoisotopic (exact) mass is 685 g/mol. The summed E-state index contributed by atoms with van der Waals surface area (Å²) in [6.45, 7) is 19.4. The number of carbonyl (C=O) groups excluding carboxylic acids is 4. The molecule has 4 N–H and O–H groups in total. The molecule has 5 aliphatic carbocycles. The van der Waals surface area contributed by atoms with Gasteiger partial charge < -0.3 is 30.5 Å². The van der Waals surface area contributed by atoms with E-state index in [1.165, 1.54) is 0 Å². The molecule has 0 aromatic carbocycles. The first-order valence-corrected chi connectivity index (χ1v) is 18.5. The van der Waals surface area contributed by atoms with Gasteiger partial charge in [-0.1, -0.05) is 60.5 Å². The molecule has 4 fully saturated rings. The highest BCUT2D eigenvalue weighted by Crippen LogP contribution is 2.72. The highest BCUT2D eigenvalue weighted by atomic mass is 16.6. The van der Waals surface area contributed by atoms with E-state index in [-0.39, 0.29) is 64.6 Å². The maximum atomic E-state index is 13.7. The number of Topliss-reactive ketones (excluding diaryl/α,β-unsaturated/α-hetero) is 1. The van der Waals surface area contributed by atoms with E-state index >= 15 is 0 Å². The number of amides is 1. The fourth-order valence-corrected chi connectivity index (χ4v) is 11.7. The number of aldehydes is 1. The van der Waals surface area contributed by atoms with Crippen LogP contribution in [-0.2, 0) is 28.8 Å². The molecule has 0 saturated heterocycles. The molecule has 8 unspecified atom stereocenters. The molecule has 0 spiro atoms. The van der Waals surface area contributed by atoms with Gasteiger partial charge in [0.25, 0.3) is 5.91 Å². The van der Waals surface area contributed by atoms with Crippen molar-refractivity contribution in [3.63, 3.8) is 0 Å². The summed E-state index contributed by atoms with van der Waals surface area (Å²) >= 11 is 0. The topological polar surface area (TPSA) is 157 Å². The van der Waals surface area contributed by atoms with Gasteiger partial charge in [0, 0.05) is 24.4 Å². The maximum absolute atomic E-state index is 13.7. The first-order chi connectivity index (χ1) is 22.9. The van der Waals surface area contributed by atoms with Gasteiger partial charge in [0.2, 0.25) is 5.84 Å². The number of fused-ring (bicyclic) bond motifs is 7. The summed E-state index contributed by atoms with van der Waals surface area (Å²) in [6, 6.07) is 0. The summed E-state index contributed by atoms with van der Waals surface area (Å²) < 4.78 is 6.16. The molecule has 5 rings (SSSR count). The number of oxime groups is 1. The van der Waals surface area contributed by atoms with Crippen LogP contribution in [0, 0.1) is 51.2 Å². The van der Waals surface area contributed by atoms with Gasteiger partial charge in [-0.3, -0.25) is 14.4 Å². The van der Waals surface area contributed by atoms with Crippen LogP contribution < -0.4 is 11.1 Å². The van der Waals surface area contributed by atoms with E-state index in [1.807, 2.05) is 0 Å². The number of nitrogens with one attached hydrogen (secondary N) is 1. The molecule has 8 atom stereocenters. The number of carbonyl (C=O) groups is 4. The van der Waals surface area contributed by atoms with Gasteiger partial charge in [-0.15, -0.1) is 0 Å². The molecule has 0 bridgehead atoms. The fourth-order valence-electron chi connectivity index (χ4n) is 11.7. The second-order valence-electron chi connectivity index (χ2n) is 17.6. The van der Waals surface area contributed by atoms with E-state index in [0.717, 1.165) is 69.5 Å². The van der Waals surface area contributed by atoms with Crippen molar-refractivity contribution in [3.8, 4) is 0 Å². The summed E-state index contributed by atoms with van der Waals surface area (Å²) in [6.07, 6.45) is 8.75. The number of nitrogens with zero attached hydrogens (tertiary/aromatic N) is 1. The third kappa shape index (κ3) is 6.72. The van der Waals surface area contributed by atoms with Crippen LogP contribution >= 0.6 is 0 Å². The van der Waals surface area contributed by atoms with E-state index in [2.05, 4.69) is 52.0 Å². The Bertz CT molecular complexity index is 1370. The molecule has 10 heteroatoms. The lowest BCUT2D eigenvalue weighted by Crippen LogP contribution is -2.64. The van der Waals surface area contributed by atoms with E-state index < -0.39 is 16.9 Å². The molecule has 0 heterocycles.